The molecule has 0 spiro atoms. The van der Waals surface area contributed by atoms with Crippen LogP contribution in [0.4, 0.5) is 5.69 Å². The molecule has 152 valence electrons. The summed E-state index contributed by atoms with van der Waals surface area (Å²) in [5.41, 5.74) is 1.18. The zero-order valence-corrected chi connectivity index (χ0v) is 16.9. The van der Waals surface area contributed by atoms with Crippen molar-refractivity contribution in [3.8, 4) is 17.2 Å². The molecule has 1 aromatic heterocycles. The van der Waals surface area contributed by atoms with Crippen LogP contribution in [0.15, 0.2) is 22.3 Å². The second kappa shape index (κ2) is 9.79. The van der Waals surface area contributed by atoms with Crippen molar-refractivity contribution in [1.82, 2.24) is 4.57 Å². The average Bonchev–Trinajstić information content (AvgIpc) is 3.01. The smallest absolute Gasteiger partial charge is 0.308 e. The molecule has 10 heteroatoms. The molecule has 9 nitrogen and oxygen atoms in total. The fourth-order valence-electron chi connectivity index (χ4n) is 2.45. The number of amides is 1. The summed E-state index contributed by atoms with van der Waals surface area (Å²) >= 11 is 1.07. The van der Waals surface area contributed by atoms with Gasteiger partial charge in [0.15, 0.2) is 18.1 Å². The minimum Gasteiger partial charge on any atom is -0.493 e. The number of ether oxygens (including phenoxy) is 4. The maximum Gasteiger partial charge on any atom is 0.308 e. The van der Waals surface area contributed by atoms with Gasteiger partial charge in [-0.25, -0.2) is 0 Å². The van der Waals surface area contributed by atoms with E-state index >= 15 is 0 Å². The van der Waals surface area contributed by atoms with Crippen LogP contribution in [0, 0.1) is 6.92 Å². The van der Waals surface area contributed by atoms with Crippen molar-refractivity contribution in [1.29, 1.82) is 0 Å². The lowest BCUT2D eigenvalue weighted by atomic mass is 10.2. The Bertz CT molecular complexity index is 879. The number of esters is 1. The van der Waals surface area contributed by atoms with Crippen LogP contribution >= 0.6 is 11.3 Å². The number of hydrogen-bond acceptors (Lipinski definition) is 8. The van der Waals surface area contributed by atoms with E-state index in [2.05, 4.69) is 5.32 Å². The van der Waals surface area contributed by atoms with E-state index in [9.17, 15) is 14.4 Å². The monoisotopic (exact) mass is 410 g/mol. The van der Waals surface area contributed by atoms with E-state index in [4.69, 9.17) is 18.9 Å². The first kappa shape index (κ1) is 21.3. The van der Waals surface area contributed by atoms with Crippen LogP contribution in [0.5, 0.6) is 17.2 Å². The second-order valence-electron chi connectivity index (χ2n) is 5.67. The highest BCUT2D eigenvalue weighted by atomic mass is 32.1. The number of benzene rings is 1. The number of hydrogen-bond donors (Lipinski definition) is 1. The highest BCUT2D eigenvalue weighted by molar-refractivity contribution is 7.07. The van der Waals surface area contributed by atoms with Crippen molar-refractivity contribution >= 4 is 28.9 Å². The topological polar surface area (TPSA) is 105 Å². The lowest BCUT2D eigenvalue weighted by molar-refractivity contribution is -0.147. The maximum absolute atomic E-state index is 12.1. The van der Waals surface area contributed by atoms with E-state index in [0.29, 0.717) is 22.9 Å². The van der Waals surface area contributed by atoms with Crippen LogP contribution in [-0.2, 0) is 20.9 Å². The van der Waals surface area contributed by atoms with Gasteiger partial charge < -0.3 is 28.8 Å². The summed E-state index contributed by atoms with van der Waals surface area (Å²) in [6, 6.07) is 3.12. The standard InChI is InChI=1S/C18H22N2O7S/c1-11-10-28-18(23)20(11)6-5-16(22)27-9-15(21)19-12-7-13(24-2)17(26-4)14(8-12)25-3/h7-8,10H,5-6,9H2,1-4H3,(H,19,21). The van der Waals surface area contributed by atoms with Crippen molar-refractivity contribution < 1.29 is 28.5 Å². The largest absolute Gasteiger partial charge is 0.493 e. The summed E-state index contributed by atoms with van der Waals surface area (Å²) in [4.78, 5) is 35.4. The molecule has 0 atom stereocenters. The first-order valence-corrected chi connectivity index (χ1v) is 9.18. The van der Waals surface area contributed by atoms with Crippen LogP contribution < -0.4 is 24.4 Å². The van der Waals surface area contributed by atoms with Gasteiger partial charge in [0.1, 0.15) is 0 Å². The lowest BCUT2D eigenvalue weighted by Crippen LogP contribution is -2.23. The number of aryl methyl sites for hydroxylation is 1. The molecule has 1 N–H and O–H groups in total. The molecular formula is C18H22N2O7S. The fraction of sp³-hybridized carbons (Fsp3) is 0.389. The van der Waals surface area contributed by atoms with E-state index in [0.717, 1.165) is 17.0 Å². The molecule has 1 aromatic carbocycles. The summed E-state index contributed by atoms with van der Waals surface area (Å²) in [5.74, 6) is 0.0638. The minimum absolute atomic E-state index is 0.00502. The Labute approximate surface area is 165 Å². The summed E-state index contributed by atoms with van der Waals surface area (Å²) in [7, 11) is 4.40. The quantitative estimate of drug-likeness (QED) is 0.629. The molecular weight excluding hydrogens is 388 g/mol. The Morgan fingerprint density at radius 2 is 1.75 bits per heavy atom. The number of anilines is 1. The maximum atomic E-state index is 12.1. The van der Waals surface area contributed by atoms with E-state index in [-0.39, 0.29) is 17.8 Å². The number of carbonyl (C=O) groups is 2. The number of nitrogens with zero attached hydrogens (tertiary/aromatic N) is 1. The number of methoxy groups -OCH3 is 3. The van der Waals surface area contributed by atoms with Gasteiger partial charge >= 0.3 is 10.8 Å². The van der Waals surface area contributed by atoms with Crippen LogP contribution in [0.3, 0.4) is 0 Å². The van der Waals surface area contributed by atoms with E-state index in [1.165, 1.54) is 25.9 Å². The SMILES string of the molecule is COc1cc(NC(=O)COC(=O)CCn2c(C)csc2=O)cc(OC)c1OC. The van der Waals surface area contributed by atoms with Crippen molar-refractivity contribution in [2.75, 3.05) is 33.3 Å². The van der Waals surface area contributed by atoms with Gasteiger partial charge in [-0.3, -0.25) is 14.4 Å². The fourth-order valence-corrected chi connectivity index (χ4v) is 3.21. The molecule has 28 heavy (non-hydrogen) atoms. The number of carbonyl (C=O) groups excluding carboxylic acids is 2. The molecule has 1 heterocycles. The Hall–Kier alpha value is -3.01. The zero-order valence-electron chi connectivity index (χ0n) is 16.1. The summed E-state index contributed by atoms with van der Waals surface area (Å²) in [5, 5.41) is 4.32. The molecule has 0 aliphatic carbocycles. The molecule has 0 fully saturated rings. The number of rotatable bonds is 9. The first-order valence-electron chi connectivity index (χ1n) is 8.30. The van der Waals surface area contributed by atoms with Gasteiger partial charge in [-0.1, -0.05) is 11.3 Å². The van der Waals surface area contributed by atoms with Crippen LogP contribution in [0.2, 0.25) is 0 Å². The van der Waals surface area contributed by atoms with Gasteiger partial charge in [-0.15, -0.1) is 0 Å². The molecule has 0 unspecified atom stereocenters. The van der Waals surface area contributed by atoms with Gasteiger partial charge in [0.25, 0.3) is 5.91 Å². The third-order valence-electron chi connectivity index (χ3n) is 3.83. The van der Waals surface area contributed by atoms with Crippen molar-refractivity contribution in [2.24, 2.45) is 0 Å². The van der Waals surface area contributed by atoms with Gasteiger partial charge in [-0.2, -0.15) is 0 Å². The van der Waals surface area contributed by atoms with Gasteiger partial charge in [0.2, 0.25) is 5.75 Å². The first-order chi connectivity index (χ1) is 13.4. The number of aromatic nitrogens is 1. The Morgan fingerprint density at radius 3 is 2.25 bits per heavy atom. The zero-order chi connectivity index (χ0) is 20.7. The average molecular weight is 410 g/mol. The Kier molecular flexibility index (Phi) is 7.44. The molecule has 0 aliphatic rings. The van der Waals surface area contributed by atoms with Crippen LogP contribution in [0.25, 0.3) is 0 Å². The van der Waals surface area contributed by atoms with Gasteiger partial charge in [-0.05, 0) is 6.92 Å². The molecule has 0 aliphatic heterocycles. The lowest BCUT2D eigenvalue weighted by Gasteiger charge is -2.14. The summed E-state index contributed by atoms with van der Waals surface area (Å²) in [6.45, 7) is 1.54. The summed E-state index contributed by atoms with van der Waals surface area (Å²) in [6.07, 6.45) is -0.00502. The highest BCUT2D eigenvalue weighted by Crippen LogP contribution is 2.39. The normalized spacial score (nSPS) is 10.3. The van der Waals surface area contributed by atoms with E-state index in [1.807, 2.05) is 0 Å². The predicted molar refractivity (Wildman–Crippen MR) is 104 cm³/mol. The Morgan fingerprint density at radius 1 is 1.11 bits per heavy atom. The van der Waals surface area contributed by atoms with Gasteiger partial charge in [0.05, 0.1) is 27.8 Å². The van der Waals surface area contributed by atoms with Crippen molar-refractivity contribution in [3.05, 3.63) is 32.9 Å². The molecule has 0 saturated heterocycles. The molecule has 2 rings (SSSR count). The number of thiazole rings is 1. The van der Waals surface area contributed by atoms with Gasteiger partial charge in [0, 0.05) is 35.4 Å². The van der Waals surface area contributed by atoms with Crippen LogP contribution in [0.1, 0.15) is 12.1 Å². The molecule has 0 bridgehead atoms. The predicted octanol–water partition coefficient (Wildman–Crippen LogP) is 1.82. The Balaban J connectivity index is 1.90. The molecule has 0 radical (unpaired) electrons. The van der Waals surface area contributed by atoms with E-state index in [1.54, 1.807) is 24.4 Å². The third-order valence-corrected chi connectivity index (χ3v) is 4.71. The molecule has 2 aromatic rings. The molecule has 1 amide bonds. The van der Waals surface area contributed by atoms with Crippen molar-refractivity contribution in [3.63, 3.8) is 0 Å². The highest BCUT2D eigenvalue weighted by Gasteiger charge is 2.15. The van der Waals surface area contributed by atoms with Crippen LogP contribution in [-0.4, -0.2) is 44.4 Å². The van der Waals surface area contributed by atoms with Crippen molar-refractivity contribution in [2.45, 2.75) is 19.9 Å². The van der Waals surface area contributed by atoms with E-state index < -0.39 is 18.5 Å². The third kappa shape index (κ3) is 5.26. The second-order valence-corrected chi connectivity index (χ2v) is 6.49. The number of nitrogens with one attached hydrogen (secondary N) is 1. The summed E-state index contributed by atoms with van der Waals surface area (Å²) < 4.78 is 22.1. The minimum atomic E-state index is -0.572. The molecule has 0 saturated carbocycles.